The van der Waals surface area contributed by atoms with Crippen LogP contribution >= 0.6 is 0 Å². The summed E-state index contributed by atoms with van der Waals surface area (Å²) in [5.41, 5.74) is -0.998. The number of carboxylic acid groups (broad SMARTS) is 1. The van der Waals surface area contributed by atoms with Crippen molar-refractivity contribution in [2.24, 2.45) is 11.8 Å². The van der Waals surface area contributed by atoms with Gasteiger partial charge in [-0.25, -0.2) is 9.18 Å². The zero-order valence-electron chi connectivity index (χ0n) is 17.0. The largest absolute Gasteiger partial charge is 0.490 e. The first-order chi connectivity index (χ1) is 15.0. The zero-order valence-corrected chi connectivity index (χ0v) is 17.0. The van der Waals surface area contributed by atoms with Crippen LogP contribution in [0.25, 0.3) is 0 Å². The van der Waals surface area contributed by atoms with Gasteiger partial charge in [-0.3, -0.25) is 14.6 Å². The second-order valence-corrected chi connectivity index (χ2v) is 8.12. The fourth-order valence-corrected chi connectivity index (χ4v) is 4.05. The minimum absolute atomic E-state index is 0.0522. The maximum Gasteiger partial charge on any atom is 0.490 e. The highest BCUT2D eigenvalue weighted by molar-refractivity contribution is 5.90. The standard InChI is InChI=1S/C18H22FN3O3.C2HF3O2/c19-18(4-2-5-18)17(24)22-9-14-12(11-25-15(14)10-22)7-16(23)21-13-3-1-6-20-8-13;3-2(4,5)1(6)7/h1,3,6,8,12,14-15H,2,4-5,7,9-11H2,(H,21,23);(H,6,7)/t12-,14+,15+;/m0./s1. The van der Waals surface area contributed by atoms with E-state index in [0.29, 0.717) is 44.6 Å². The number of carbonyl (C=O) groups is 3. The van der Waals surface area contributed by atoms with Crippen LogP contribution in [0.1, 0.15) is 25.7 Å². The second-order valence-electron chi connectivity index (χ2n) is 8.12. The summed E-state index contributed by atoms with van der Waals surface area (Å²) in [6, 6.07) is 3.55. The van der Waals surface area contributed by atoms with Crippen molar-refractivity contribution >= 4 is 23.5 Å². The Morgan fingerprint density at radius 2 is 1.97 bits per heavy atom. The number of likely N-dealkylation sites (tertiary alicyclic amines) is 1. The maximum absolute atomic E-state index is 14.4. The molecule has 1 saturated carbocycles. The minimum atomic E-state index is -5.08. The van der Waals surface area contributed by atoms with Crippen molar-refractivity contribution in [1.82, 2.24) is 9.88 Å². The van der Waals surface area contributed by atoms with Crippen LogP contribution in [-0.4, -0.2) is 70.4 Å². The van der Waals surface area contributed by atoms with Crippen LogP contribution in [0, 0.1) is 11.8 Å². The maximum atomic E-state index is 14.4. The molecular weight excluding hydrogens is 438 g/mol. The van der Waals surface area contributed by atoms with E-state index in [1.807, 2.05) is 0 Å². The fourth-order valence-electron chi connectivity index (χ4n) is 4.05. The smallest absolute Gasteiger partial charge is 0.475 e. The van der Waals surface area contributed by atoms with Crippen molar-refractivity contribution in [2.75, 3.05) is 25.0 Å². The van der Waals surface area contributed by atoms with E-state index in [2.05, 4.69) is 10.3 Å². The average Bonchev–Trinajstić information content (AvgIpc) is 3.28. The summed E-state index contributed by atoms with van der Waals surface area (Å²) in [6.07, 6.45) is -0.153. The van der Waals surface area contributed by atoms with E-state index in [9.17, 15) is 27.2 Å². The van der Waals surface area contributed by atoms with Crippen LogP contribution in [0.15, 0.2) is 24.5 Å². The SMILES string of the molecule is O=C(C[C@H]1CO[C@@H]2CN(C(=O)C3(F)CCC3)C[C@H]12)Nc1cccnc1.O=C(O)C(F)(F)F. The van der Waals surface area contributed by atoms with E-state index in [4.69, 9.17) is 14.6 Å². The molecule has 32 heavy (non-hydrogen) atoms. The molecule has 0 unspecified atom stereocenters. The van der Waals surface area contributed by atoms with Gasteiger partial charge in [0.1, 0.15) is 0 Å². The van der Waals surface area contributed by atoms with Crippen molar-refractivity contribution in [1.29, 1.82) is 0 Å². The summed E-state index contributed by atoms with van der Waals surface area (Å²) in [7, 11) is 0. The average molecular weight is 461 g/mol. The molecule has 2 aliphatic heterocycles. The van der Waals surface area contributed by atoms with Crippen molar-refractivity contribution < 1.29 is 41.8 Å². The van der Waals surface area contributed by atoms with Gasteiger partial charge in [-0.2, -0.15) is 13.2 Å². The third-order valence-corrected chi connectivity index (χ3v) is 5.89. The summed E-state index contributed by atoms with van der Waals surface area (Å²) < 4.78 is 51.9. The van der Waals surface area contributed by atoms with Gasteiger partial charge in [-0.05, 0) is 37.3 Å². The number of nitrogens with one attached hydrogen (secondary N) is 1. The number of aliphatic carboxylic acids is 1. The van der Waals surface area contributed by atoms with Crippen molar-refractivity contribution in [3.8, 4) is 0 Å². The highest BCUT2D eigenvalue weighted by Gasteiger charge is 2.52. The first-order valence-corrected chi connectivity index (χ1v) is 10.1. The van der Waals surface area contributed by atoms with Gasteiger partial charge in [0.25, 0.3) is 5.91 Å². The molecule has 3 heterocycles. The van der Waals surface area contributed by atoms with Crippen LogP contribution in [0.2, 0.25) is 0 Å². The Morgan fingerprint density at radius 1 is 1.28 bits per heavy atom. The number of alkyl halides is 4. The Hall–Kier alpha value is -2.76. The number of pyridine rings is 1. The first kappa shape index (κ1) is 23.9. The lowest BCUT2D eigenvalue weighted by molar-refractivity contribution is -0.192. The topological polar surface area (TPSA) is 109 Å². The molecule has 3 fully saturated rings. The van der Waals surface area contributed by atoms with E-state index in [1.165, 1.54) is 0 Å². The van der Waals surface area contributed by atoms with E-state index in [1.54, 1.807) is 29.4 Å². The monoisotopic (exact) mass is 461 g/mol. The number of carbonyl (C=O) groups excluding carboxylic acids is 2. The van der Waals surface area contributed by atoms with Crippen LogP contribution in [-0.2, 0) is 19.1 Å². The van der Waals surface area contributed by atoms with Crippen LogP contribution < -0.4 is 5.32 Å². The van der Waals surface area contributed by atoms with Gasteiger partial charge < -0.3 is 20.1 Å². The van der Waals surface area contributed by atoms with Crippen molar-refractivity contribution in [3.05, 3.63) is 24.5 Å². The Bertz CT molecular complexity index is 847. The van der Waals surface area contributed by atoms with Crippen molar-refractivity contribution in [3.63, 3.8) is 0 Å². The molecule has 1 aliphatic carbocycles. The van der Waals surface area contributed by atoms with Crippen LogP contribution in [0.5, 0.6) is 0 Å². The molecule has 1 aromatic rings. The summed E-state index contributed by atoms with van der Waals surface area (Å²) >= 11 is 0. The number of rotatable bonds is 4. The summed E-state index contributed by atoms with van der Waals surface area (Å²) in [6.45, 7) is 1.44. The van der Waals surface area contributed by atoms with Gasteiger partial charge in [0.15, 0.2) is 5.67 Å². The van der Waals surface area contributed by atoms with Gasteiger partial charge >= 0.3 is 12.1 Å². The molecule has 2 amide bonds. The Balaban J connectivity index is 0.000000360. The van der Waals surface area contributed by atoms with Crippen LogP contribution in [0.3, 0.4) is 0 Å². The molecule has 0 radical (unpaired) electrons. The summed E-state index contributed by atoms with van der Waals surface area (Å²) in [4.78, 5) is 39.1. The quantitative estimate of drug-likeness (QED) is 0.667. The van der Waals surface area contributed by atoms with E-state index < -0.39 is 23.7 Å². The lowest BCUT2D eigenvalue weighted by atomic mass is 9.81. The molecule has 1 aromatic heterocycles. The van der Waals surface area contributed by atoms with E-state index in [0.717, 1.165) is 6.42 Å². The summed E-state index contributed by atoms with van der Waals surface area (Å²) in [5.74, 6) is -3.08. The third-order valence-electron chi connectivity index (χ3n) is 5.89. The molecule has 3 aliphatic rings. The molecule has 12 heteroatoms. The van der Waals surface area contributed by atoms with Gasteiger partial charge in [0.2, 0.25) is 5.91 Å². The lowest BCUT2D eigenvalue weighted by Crippen LogP contribution is -2.50. The number of amides is 2. The number of ether oxygens (including phenoxy) is 1. The number of halogens is 4. The van der Waals surface area contributed by atoms with Gasteiger partial charge in [0, 0.05) is 31.6 Å². The first-order valence-electron chi connectivity index (χ1n) is 10.1. The number of aromatic nitrogens is 1. The Labute approximate surface area is 180 Å². The molecule has 2 N–H and O–H groups in total. The number of hydrogen-bond donors (Lipinski definition) is 2. The normalized spacial score (nSPS) is 25.8. The summed E-state index contributed by atoms with van der Waals surface area (Å²) in [5, 5.41) is 9.95. The molecule has 176 valence electrons. The molecular formula is C20H23F4N3O5. The van der Waals surface area contributed by atoms with Gasteiger partial charge in [-0.15, -0.1) is 0 Å². The van der Waals surface area contributed by atoms with E-state index >= 15 is 0 Å². The Kier molecular flexibility index (Phi) is 7.01. The van der Waals surface area contributed by atoms with Gasteiger partial charge in [0.05, 0.1) is 24.6 Å². The molecule has 2 saturated heterocycles. The molecule has 0 aromatic carbocycles. The third kappa shape index (κ3) is 5.53. The predicted octanol–water partition coefficient (Wildman–Crippen LogP) is 2.41. The zero-order chi connectivity index (χ0) is 23.5. The number of hydrogen-bond acceptors (Lipinski definition) is 5. The molecule has 0 bridgehead atoms. The van der Waals surface area contributed by atoms with E-state index in [-0.39, 0.29) is 23.8 Å². The second kappa shape index (κ2) is 9.39. The molecule has 0 spiro atoms. The number of anilines is 1. The minimum Gasteiger partial charge on any atom is -0.475 e. The lowest BCUT2D eigenvalue weighted by Gasteiger charge is -2.35. The predicted molar refractivity (Wildman–Crippen MR) is 102 cm³/mol. The number of fused-ring (bicyclic) bond motifs is 1. The number of carboxylic acids is 1. The Morgan fingerprint density at radius 3 is 2.50 bits per heavy atom. The highest BCUT2D eigenvalue weighted by Crippen LogP contribution is 2.41. The van der Waals surface area contributed by atoms with Crippen molar-refractivity contribution in [2.45, 2.75) is 43.6 Å². The fraction of sp³-hybridized carbons (Fsp3) is 0.600. The van der Waals surface area contributed by atoms with Crippen LogP contribution in [0.4, 0.5) is 23.2 Å². The molecule has 4 rings (SSSR count). The molecule has 3 atom stereocenters. The molecule has 8 nitrogen and oxygen atoms in total. The number of nitrogens with zero attached hydrogens (tertiary/aromatic N) is 2. The highest BCUT2D eigenvalue weighted by atomic mass is 19.4. The van der Waals surface area contributed by atoms with Gasteiger partial charge in [-0.1, -0.05) is 0 Å².